The fourth-order valence-corrected chi connectivity index (χ4v) is 14.6. The Balaban J connectivity index is 5.63. The van der Waals surface area contributed by atoms with E-state index in [-0.39, 0.29) is 88.1 Å². The maximum Gasteiger partial charge on any atom is 0.472 e. The zero-order valence-corrected chi connectivity index (χ0v) is 72.6. The number of carbonyl (C=O) groups excluding carboxylic acids is 8. The van der Waals surface area contributed by atoms with Crippen LogP contribution in [0.3, 0.4) is 0 Å². The monoisotopic (exact) mass is 1620 g/mol. The van der Waals surface area contributed by atoms with Gasteiger partial charge in [-0.05, 0) is 51.4 Å². The van der Waals surface area contributed by atoms with Gasteiger partial charge in [0.1, 0.15) is 30.2 Å². The lowest BCUT2D eigenvalue weighted by atomic mass is 10.0. The first kappa shape index (κ1) is 107. The van der Waals surface area contributed by atoms with Crippen LogP contribution in [0.4, 0.5) is 0 Å². The molecule has 0 heterocycles. The number of amides is 4. The molecule has 0 fully saturated rings. The van der Waals surface area contributed by atoms with E-state index < -0.39 is 97.0 Å². The molecule has 2 unspecified atom stereocenters. The van der Waals surface area contributed by atoms with Crippen molar-refractivity contribution in [2.24, 2.45) is 0 Å². The van der Waals surface area contributed by atoms with E-state index in [1.165, 1.54) is 116 Å². The van der Waals surface area contributed by atoms with Crippen molar-refractivity contribution in [1.82, 2.24) is 21.3 Å². The Labute approximate surface area is 672 Å². The van der Waals surface area contributed by atoms with Crippen LogP contribution in [0.1, 0.15) is 408 Å². The lowest BCUT2D eigenvalue weighted by Crippen LogP contribution is -2.42. The number of Topliss-reactive ketones (excluding diaryl/α,β-unsaturated/α-hetero) is 2. The van der Waals surface area contributed by atoms with Gasteiger partial charge in [0.05, 0.1) is 77.8 Å². The molecule has 4 amide bonds. The number of phosphoric ester groups is 2. The van der Waals surface area contributed by atoms with Crippen LogP contribution in [0.15, 0.2) is 0 Å². The van der Waals surface area contributed by atoms with Gasteiger partial charge in [-0.15, -0.1) is 0 Å². The second kappa shape index (κ2) is 77.5. The Morgan fingerprint density at radius 1 is 0.288 bits per heavy atom. The van der Waals surface area contributed by atoms with E-state index in [1.807, 2.05) is 0 Å². The van der Waals surface area contributed by atoms with Crippen LogP contribution < -0.4 is 21.3 Å². The molecule has 0 saturated heterocycles. The molecule has 652 valence electrons. The molecule has 0 radical (unpaired) electrons. The van der Waals surface area contributed by atoms with Gasteiger partial charge >= 0.3 is 27.6 Å². The summed E-state index contributed by atoms with van der Waals surface area (Å²) in [6.45, 7) is 10.2. The summed E-state index contributed by atoms with van der Waals surface area (Å²) < 4.78 is 71.1. The van der Waals surface area contributed by atoms with Crippen molar-refractivity contribution in [2.45, 2.75) is 432 Å². The van der Waals surface area contributed by atoms with E-state index in [2.05, 4.69) is 62.8 Å². The van der Waals surface area contributed by atoms with Crippen molar-refractivity contribution in [3.8, 4) is 0 Å². The third kappa shape index (κ3) is 74.8. The summed E-state index contributed by atoms with van der Waals surface area (Å²) in [5, 5.41) is 10.3. The standard InChI is InChI=1S/C85H162N4O20P2/c1-7-13-19-25-29-33-37-43-47-53-76(90)67-82(94)88-74(70-102-63-59-78(55-49-41-23-17-11-5)108-84(96)57-51-45-39-35-31-27-21-15-9-3)72-106-110(98,99)104-65-61-86-80(92)69-81(93)87-62-66-105-111(100,101)107-73-75(89-83(95)68-77(91)54-48-44-38-34-30-26-20-14-8-2)71-103-64-60-79(56-50-42-24-18-12-6)109-85(97)58-52-46-40-36-32-28-22-16-10-4/h74-75,78-79H,7-73H2,1-6H3,(H,86,92)(H,87,93)(H,88,94)(H,89,95)(H,98,99)(H,100,101)/t74-,75+,78-,79-/m1/s1. The summed E-state index contributed by atoms with van der Waals surface area (Å²) in [6.07, 6.45) is 51.3. The summed E-state index contributed by atoms with van der Waals surface area (Å²) in [7, 11) is -9.65. The maximum atomic E-state index is 13.3. The normalized spacial score (nSPS) is 13.7. The quantitative estimate of drug-likeness (QED) is 0.0143. The van der Waals surface area contributed by atoms with Crippen LogP contribution in [-0.4, -0.2) is 147 Å². The number of phosphoric acid groups is 2. The lowest BCUT2D eigenvalue weighted by Gasteiger charge is -2.22. The van der Waals surface area contributed by atoms with Crippen molar-refractivity contribution in [2.75, 3.05) is 65.9 Å². The predicted molar refractivity (Wildman–Crippen MR) is 442 cm³/mol. The summed E-state index contributed by atoms with van der Waals surface area (Å²) in [4.78, 5) is 125. The zero-order chi connectivity index (χ0) is 81.8. The van der Waals surface area contributed by atoms with E-state index in [0.717, 1.165) is 167 Å². The van der Waals surface area contributed by atoms with Gasteiger partial charge in [0.25, 0.3) is 0 Å². The molecule has 0 aromatic carbocycles. The Bertz CT molecular complexity index is 2240. The minimum atomic E-state index is -4.82. The van der Waals surface area contributed by atoms with E-state index in [4.69, 9.17) is 37.0 Å². The molecule has 0 aromatic rings. The molecule has 0 spiro atoms. The van der Waals surface area contributed by atoms with Crippen LogP contribution in [0.5, 0.6) is 0 Å². The molecule has 0 aliphatic rings. The molecule has 0 bridgehead atoms. The highest BCUT2D eigenvalue weighted by molar-refractivity contribution is 7.47. The van der Waals surface area contributed by atoms with Crippen LogP contribution in [0.25, 0.3) is 0 Å². The molecular weight excluding hydrogens is 1460 g/mol. The maximum absolute atomic E-state index is 13.3. The smallest absolute Gasteiger partial charge is 0.462 e. The Morgan fingerprint density at radius 2 is 0.550 bits per heavy atom. The third-order valence-corrected chi connectivity index (χ3v) is 21.7. The van der Waals surface area contributed by atoms with Gasteiger partial charge in [0.15, 0.2) is 0 Å². The number of hydrogen-bond acceptors (Lipinski definition) is 18. The Kier molecular flexibility index (Phi) is 74.9. The minimum absolute atomic E-state index is 0.142. The zero-order valence-electron chi connectivity index (χ0n) is 70.8. The number of ketones is 2. The highest BCUT2D eigenvalue weighted by Gasteiger charge is 2.28. The van der Waals surface area contributed by atoms with Crippen molar-refractivity contribution in [1.29, 1.82) is 0 Å². The van der Waals surface area contributed by atoms with Gasteiger partial charge in [-0.1, -0.05) is 298 Å². The Hall–Kier alpha value is -3.70. The van der Waals surface area contributed by atoms with Crippen molar-refractivity contribution < 1.29 is 94.3 Å². The topological polar surface area (TPSA) is 333 Å². The molecule has 0 aromatic heterocycles. The lowest BCUT2D eigenvalue weighted by molar-refractivity contribution is -0.151. The Morgan fingerprint density at radius 3 is 0.838 bits per heavy atom. The first-order chi connectivity index (χ1) is 53.7. The summed E-state index contributed by atoms with van der Waals surface area (Å²) in [6, 6.07) is -1.99. The van der Waals surface area contributed by atoms with Gasteiger partial charge in [-0.3, -0.25) is 56.5 Å². The van der Waals surface area contributed by atoms with Gasteiger partial charge in [0, 0.05) is 51.6 Å². The second-order valence-electron chi connectivity index (χ2n) is 30.7. The highest BCUT2D eigenvalue weighted by atomic mass is 31.2. The first-order valence-electron chi connectivity index (χ1n) is 44.6. The van der Waals surface area contributed by atoms with Gasteiger partial charge in [0.2, 0.25) is 23.6 Å². The summed E-state index contributed by atoms with van der Waals surface area (Å²) in [5.41, 5.74) is 0. The molecule has 111 heavy (non-hydrogen) atoms. The van der Waals surface area contributed by atoms with Gasteiger partial charge < -0.3 is 50.0 Å². The fourth-order valence-electron chi connectivity index (χ4n) is 13.0. The summed E-state index contributed by atoms with van der Waals surface area (Å²) >= 11 is 0. The van der Waals surface area contributed by atoms with Crippen molar-refractivity contribution in [3.05, 3.63) is 0 Å². The molecule has 0 aliphatic carbocycles. The molecule has 0 saturated carbocycles. The number of carbonyl (C=O) groups is 8. The van der Waals surface area contributed by atoms with E-state index in [9.17, 15) is 57.3 Å². The number of nitrogens with one attached hydrogen (secondary N) is 4. The molecule has 0 rings (SSSR count). The van der Waals surface area contributed by atoms with Crippen molar-refractivity contribution >= 4 is 62.8 Å². The largest absolute Gasteiger partial charge is 0.472 e. The molecule has 6 N–H and O–H groups in total. The van der Waals surface area contributed by atoms with E-state index >= 15 is 0 Å². The number of esters is 2. The number of unbranched alkanes of at least 4 members (excludes halogenated alkanes) is 40. The van der Waals surface area contributed by atoms with Crippen LogP contribution >= 0.6 is 15.6 Å². The predicted octanol–water partition coefficient (Wildman–Crippen LogP) is 19.8. The third-order valence-electron chi connectivity index (χ3n) is 19.8. The number of hydrogen-bond donors (Lipinski definition) is 6. The molecule has 24 nitrogen and oxygen atoms in total. The molecule has 26 heteroatoms. The van der Waals surface area contributed by atoms with E-state index in [1.54, 1.807) is 0 Å². The van der Waals surface area contributed by atoms with Crippen LogP contribution in [0.2, 0.25) is 0 Å². The van der Waals surface area contributed by atoms with Gasteiger partial charge in [-0.25, -0.2) is 9.13 Å². The first-order valence-corrected chi connectivity index (χ1v) is 47.6. The fraction of sp³-hybridized carbons (Fsp3) is 0.906. The van der Waals surface area contributed by atoms with Crippen molar-refractivity contribution in [3.63, 3.8) is 0 Å². The molecule has 0 aliphatic heterocycles. The van der Waals surface area contributed by atoms with Crippen LogP contribution in [0, 0.1) is 0 Å². The second-order valence-corrected chi connectivity index (χ2v) is 33.6. The minimum Gasteiger partial charge on any atom is -0.462 e. The van der Waals surface area contributed by atoms with Gasteiger partial charge in [-0.2, -0.15) is 0 Å². The average Bonchev–Trinajstić information content (AvgIpc) is 0.906. The molecular formula is C85H162N4O20P2. The van der Waals surface area contributed by atoms with E-state index in [0.29, 0.717) is 51.4 Å². The molecule has 6 atom stereocenters. The van der Waals surface area contributed by atoms with Crippen LogP contribution in [-0.2, 0) is 84.5 Å². The number of rotatable bonds is 86. The number of ether oxygens (including phenoxy) is 4. The average molecular weight is 1620 g/mol. The highest BCUT2D eigenvalue weighted by Crippen LogP contribution is 2.44. The summed E-state index contributed by atoms with van der Waals surface area (Å²) in [5.74, 6) is -3.72. The SMILES string of the molecule is CCCCCCCCCCCC(=O)CC(=O)N[C@H](COCC[C@@H](CCCCCCC)OC(=O)CCCCCCCCCCC)COP(=O)(O)OCCNC(=O)CC(=O)NCCOP(=O)(O)OC[C@H](COCC[C@@H](CCCCCCC)OC(=O)CCCCCCCCCCC)NC(=O)CC(=O)CCCCCCCCCCC.